The van der Waals surface area contributed by atoms with Crippen LogP contribution >= 0.6 is 0 Å². The van der Waals surface area contributed by atoms with Crippen LogP contribution in [0.4, 0.5) is 11.4 Å². The fraction of sp³-hybridized carbons (Fsp3) is 0.133. The Labute approximate surface area is 122 Å². The van der Waals surface area contributed by atoms with Crippen LogP contribution in [0.25, 0.3) is 0 Å². The number of nitrogen functional groups attached to an aromatic ring is 1. The van der Waals surface area contributed by atoms with Gasteiger partial charge < -0.3 is 16.4 Å². The topological polar surface area (TPSA) is 88.1 Å². The van der Waals surface area contributed by atoms with Crippen LogP contribution in [0.5, 0.6) is 0 Å². The number of anilines is 2. The van der Waals surface area contributed by atoms with Gasteiger partial charge in [0.1, 0.15) is 7.05 Å². The van der Waals surface area contributed by atoms with Gasteiger partial charge in [-0.25, -0.2) is 4.57 Å². The van der Waals surface area contributed by atoms with Gasteiger partial charge in [0.25, 0.3) is 5.91 Å². The molecular formula is C15H17N4O2+. The molecule has 6 heteroatoms. The maximum Gasteiger partial charge on any atom is 0.251 e. The first-order chi connectivity index (χ1) is 10.1. The molecule has 2 aromatic rings. The van der Waals surface area contributed by atoms with Gasteiger partial charge in [0, 0.05) is 35.6 Å². The molecule has 21 heavy (non-hydrogen) atoms. The first kappa shape index (κ1) is 14.5. The number of amides is 2. The van der Waals surface area contributed by atoms with Gasteiger partial charge in [-0.15, -0.1) is 0 Å². The molecule has 0 bridgehead atoms. The molecule has 0 saturated carbocycles. The molecule has 0 aliphatic heterocycles. The molecule has 2 amide bonds. The highest BCUT2D eigenvalue weighted by Crippen LogP contribution is 2.16. The smallest absolute Gasteiger partial charge is 0.251 e. The standard InChI is InChI=1S/C15H16N4O2/c1-19-4-2-11(3-5-19)9-17-15(21)12-6-13(16)8-14(7-12)18-10-20/h2-8,10H,9,16H2,1H3,(H-,17,18,20,21)/p+1. The SMILES string of the molecule is C[n+]1ccc(CNC(=O)c2cc(N)cc(NC=O)c2)cc1. The summed E-state index contributed by atoms with van der Waals surface area (Å²) in [5, 5.41) is 5.29. The Morgan fingerprint density at radius 2 is 2.00 bits per heavy atom. The minimum absolute atomic E-state index is 0.246. The lowest BCUT2D eigenvalue weighted by Gasteiger charge is -2.08. The molecule has 0 fully saturated rings. The molecule has 6 nitrogen and oxygen atoms in total. The van der Waals surface area contributed by atoms with Crippen molar-refractivity contribution in [1.82, 2.24) is 5.32 Å². The van der Waals surface area contributed by atoms with Crippen molar-refractivity contribution in [3.8, 4) is 0 Å². The van der Waals surface area contributed by atoms with E-state index in [-0.39, 0.29) is 5.91 Å². The average molecular weight is 285 g/mol. The van der Waals surface area contributed by atoms with Gasteiger partial charge in [0.05, 0.1) is 0 Å². The maximum atomic E-state index is 12.1. The van der Waals surface area contributed by atoms with Gasteiger partial charge in [0.15, 0.2) is 12.4 Å². The Bertz CT molecular complexity index is 653. The quantitative estimate of drug-likeness (QED) is 0.427. The second-order valence-electron chi connectivity index (χ2n) is 4.66. The van der Waals surface area contributed by atoms with Gasteiger partial charge in [-0.3, -0.25) is 9.59 Å². The second kappa shape index (κ2) is 6.51. The van der Waals surface area contributed by atoms with E-state index in [1.54, 1.807) is 18.2 Å². The lowest BCUT2D eigenvalue weighted by molar-refractivity contribution is -0.671. The fourth-order valence-corrected chi connectivity index (χ4v) is 1.87. The zero-order chi connectivity index (χ0) is 15.2. The van der Waals surface area contributed by atoms with Crippen LogP contribution in [-0.4, -0.2) is 12.3 Å². The molecule has 1 heterocycles. The molecule has 0 radical (unpaired) electrons. The number of rotatable bonds is 5. The highest BCUT2D eigenvalue weighted by molar-refractivity contribution is 5.96. The van der Waals surface area contributed by atoms with Gasteiger partial charge >= 0.3 is 0 Å². The summed E-state index contributed by atoms with van der Waals surface area (Å²) in [5.74, 6) is -0.246. The van der Waals surface area contributed by atoms with Crippen LogP contribution in [0.1, 0.15) is 15.9 Å². The van der Waals surface area contributed by atoms with Crippen molar-refractivity contribution in [2.75, 3.05) is 11.1 Å². The normalized spacial score (nSPS) is 9.95. The third-order valence-electron chi connectivity index (χ3n) is 2.94. The molecule has 108 valence electrons. The van der Waals surface area contributed by atoms with Gasteiger partial charge in [-0.2, -0.15) is 0 Å². The van der Waals surface area contributed by atoms with Gasteiger partial charge in [-0.05, 0) is 23.8 Å². The highest BCUT2D eigenvalue weighted by atomic mass is 16.1. The summed E-state index contributed by atoms with van der Waals surface area (Å²) in [5.41, 5.74) is 8.02. The van der Waals surface area contributed by atoms with Crippen molar-refractivity contribution < 1.29 is 14.2 Å². The number of carbonyl (C=O) groups is 2. The van der Waals surface area contributed by atoms with Crippen molar-refractivity contribution in [2.24, 2.45) is 7.05 Å². The summed E-state index contributed by atoms with van der Waals surface area (Å²) in [6.07, 6.45) is 4.36. The Kier molecular flexibility index (Phi) is 4.50. The number of carbonyl (C=O) groups excluding carboxylic acids is 2. The summed E-state index contributed by atoms with van der Waals surface area (Å²) in [6.45, 7) is 0.422. The number of hydrogen-bond acceptors (Lipinski definition) is 3. The molecule has 2 rings (SSSR count). The fourth-order valence-electron chi connectivity index (χ4n) is 1.87. The van der Waals surface area contributed by atoms with Crippen LogP contribution in [0.15, 0.2) is 42.7 Å². The third-order valence-corrected chi connectivity index (χ3v) is 2.94. The van der Waals surface area contributed by atoms with E-state index in [0.29, 0.717) is 29.9 Å². The van der Waals surface area contributed by atoms with Crippen LogP contribution < -0.4 is 20.9 Å². The molecule has 0 spiro atoms. The van der Waals surface area contributed by atoms with E-state index < -0.39 is 0 Å². The number of pyridine rings is 1. The molecule has 4 N–H and O–H groups in total. The van der Waals surface area contributed by atoms with Crippen molar-refractivity contribution in [3.05, 3.63) is 53.9 Å². The second-order valence-corrected chi connectivity index (χ2v) is 4.66. The number of benzene rings is 1. The van der Waals surface area contributed by atoms with Crippen LogP contribution in [-0.2, 0) is 18.4 Å². The number of nitrogens with two attached hydrogens (primary N) is 1. The molecule has 0 aliphatic rings. The summed E-state index contributed by atoms with van der Waals surface area (Å²) in [7, 11) is 1.93. The number of aryl methyl sites for hydroxylation is 1. The summed E-state index contributed by atoms with van der Waals surface area (Å²) >= 11 is 0. The zero-order valence-corrected chi connectivity index (χ0v) is 11.7. The molecule has 1 aromatic carbocycles. The summed E-state index contributed by atoms with van der Waals surface area (Å²) < 4.78 is 1.92. The predicted octanol–water partition coefficient (Wildman–Crippen LogP) is 0.592. The van der Waals surface area contributed by atoms with Crippen molar-refractivity contribution in [2.45, 2.75) is 6.54 Å². The predicted molar refractivity (Wildman–Crippen MR) is 79.3 cm³/mol. The first-order valence-electron chi connectivity index (χ1n) is 6.41. The van der Waals surface area contributed by atoms with Crippen molar-refractivity contribution in [3.63, 3.8) is 0 Å². The van der Waals surface area contributed by atoms with E-state index in [0.717, 1.165) is 5.56 Å². The van der Waals surface area contributed by atoms with E-state index >= 15 is 0 Å². The van der Waals surface area contributed by atoms with Crippen molar-refractivity contribution >= 4 is 23.7 Å². The summed E-state index contributed by atoms with van der Waals surface area (Å²) in [6, 6.07) is 8.59. The van der Waals surface area contributed by atoms with Crippen molar-refractivity contribution in [1.29, 1.82) is 0 Å². The lowest BCUT2D eigenvalue weighted by atomic mass is 10.1. The number of hydrogen-bond donors (Lipinski definition) is 3. The Hall–Kier alpha value is -2.89. The molecule has 0 saturated heterocycles. The minimum atomic E-state index is -0.246. The van der Waals surface area contributed by atoms with E-state index in [1.165, 1.54) is 0 Å². The molecule has 1 aromatic heterocycles. The number of nitrogens with zero attached hydrogens (tertiary/aromatic N) is 1. The molecule has 0 unspecified atom stereocenters. The zero-order valence-electron chi connectivity index (χ0n) is 11.7. The van der Waals surface area contributed by atoms with E-state index in [4.69, 9.17) is 5.73 Å². The largest absolute Gasteiger partial charge is 0.399 e. The van der Waals surface area contributed by atoms with Gasteiger partial charge in [-0.1, -0.05) is 0 Å². The maximum absolute atomic E-state index is 12.1. The molecule has 0 aliphatic carbocycles. The Balaban J connectivity index is 2.06. The monoisotopic (exact) mass is 285 g/mol. The number of aromatic nitrogens is 1. The van der Waals surface area contributed by atoms with E-state index in [9.17, 15) is 9.59 Å². The van der Waals surface area contributed by atoms with E-state index in [2.05, 4.69) is 10.6 Å². The Morgan fingerprint density at radius 3 is 2.67 bits per heavy atom. The van der Waals surface area contributed by atoms with Crippen LogP contribution in [0, 0.1) is 0 Å². The average Bonchev–Trinajstić information content (AvgIpc) is 2.46. The minimum Gasteiger partial charge on any atom is -0.399 e. The Morgan fingerprint density at radius 1 is 1.29 bits per heavy atom. The lowest BCUT2D eigenvalue weighted by Crippen LogP contribution is -2.27. The molecular weight excluding hydrogens is 268 g/mol. The van der Waals surface area contributed by atoms with Crippen LogP contribution in [0.3, 0.4) is 0 Å². The number of nitrogens with one attached hydrogen (secondary N) is 2. The highest BCUT2D eigenvalue weighted by Gasteiger charge is 2.08. The van der Waals surface area contributed by atoms with Crippen LogP contribution in [0.2, 0.25) is 0 Å². The van der Waals surface area contributed by atoms with Gasteiger partial charge in [0.2, 0.25) is 6.41 Å². The molecule has 0 atom stereocenters. The third kappa shape index (κ3) is 4.04. The van der Waals surface area contributed by atoms with E-state index in [1.807, 2.05) is 36.1 Å². The summed E-state index contributed by atoms with van der Waals surface area (Å²) in [4.78, 5) is 22.6. The first-order valence-corrected chi connectivity index (χ1v) is 6.41.